The van der Waals surface area contributed by atoms with Gasteiger partial charge in [-0.1, -0.05) is 26.7 Å². The molecule has 114 valence electrons. The van der Waals surface area contributed by atoms with E-state index in [2.05, 4.69) is 19.2 Å². The van der Waals surface area contributed by atoms with Gasteiger partial charge in [-0.15, -0.1) is 0 Å². The van der Waals surface area contributed by atoms with E-state index >= 15 is 0 Å². The van der Waals surface area contributed by atoms with Crippen LogP contribution in [0.4, 0.5) is 0 Å². The molecule has 3 heteroatoms. The molecule has 0 aromatic heterocycles. The Bertz CT molecular complexity index is 209. The Morgan fingerprint density at radius 3 is 2.63 bits per heavy atom. The molecule has 2 unspecified atom stereocenters. The summed E-state index contributed by atoms with van der Waals surface area (Å²) in [5.41, 5.74) is 0. The maximum atomic E-state index is 5.47. The fourth-order valence-electron chi connectivity index (χ4n) is 2.93. The third-order valence-corrected chi connectivity index (χ3v) is 4.29. The largest absolute Gasteiger partial charge is 0.382 e. The third-order valence-electron chi connectivity index (χ3n) is 4.29. The Balaban J connectivity index is 2.00. The molecule has 0 radical (unpaired) electrons. The van der Waals surface area contributed by atoms with Crippen LogP contribution in [0.5, 0.6) is 0 Å². The molecular weight excluding hydrogens is 238 g/mol. The van der Waals surface area contributed by atoms with Crippen LogP contribution in [0.15, 0.2) is 0 Å². The molecule has 1 N–H and O–H groups in total. The standard InChI is InChI=1S/C16H33NO2/c1-14(2)15-6-4-7-16(9-8-15)17-10-5-11-19-13-12-18-3/h14-17H,4-13H2,1-3H3. The van der Waals surface area contributed by atoms with Gasteiger partial charge in [0.1, 0.15) is 0 Å². The van der Waals surface area contributed by atoms with Crippen LogP contribution in [0.25, 0.3) is 0 Å². The Labute approximate surface area is 119 Å². The van der Waals surface area contributed by atoms with E-state index in [4.69, 9.17) is 9.47 Å². The molecule has 0 bridgehead atoms. The van der Waals surface area contributed by atoms with Crippen molar-refractivity contribution >= 4 is 0 Å². The lowest BCUT2D eigenvalue weighted by atomic mass is 9.89. The molecule has 0 heterocycles. The van der Waals surface area contributed by atoms with E-state index in [9.17, 15) is 0 Å². The van der Waals surface area contributed by atoms with Gasteiger partial charge in [-0.2, -0.15) is 0 Å². The predicted octanol–water partition coefficient (Wildman–Crippen LogP) is 3.23. The minimum absolute atomic E-state index is 0.701. The first-order valence-electron chi connectivity index (χ1n) is 8.04. The van der Waals surface area contributed by atoms with Crippen LogP contribution >= 0.6 is 0 Å². The van der Waals surface area contributed by atoms with E-state index in [1.807, 2.05) is 0 Å². The Hall–Kier alpha value is -0.120. The van der Waals surface area contributed by atoms with Crippen LogP contribution in [0.2, 0.25) is 0 Å². The van der Waals surface area contributed by atoms with Crippen LogP contribution in [-0.2, 0) is 9.47 Å². The minimum Gasteiger partial charge on any atom is -0.382 e. The summed E-state index contributed by atoms with van der Waals surface area (Å²) in [7, 11) is 1.71. The Morgan fingerprint density at radius 1 is 1.05 bits per heavy atom. The van der Waals surface area contributed by atoms with Crippen LogP contribution in [0.1, 0.15) is 52.4 Å². The number of ether oxygens (including phenoxy) is 2. The monoisotopic (exact) mass is 271 g/mol. The molecule has 1 aliphatic rings. The van der Waals surface area contributed by atoms with Crippen molar-refractivity contribution in [3.63, 3.8) is 0 Å². The SMILES string of the molecule is COCCOCCCNC1CCCC(C(C)C)CC1. The third kappa shape index (κ3) is 7.91. The molecule has 1 fully saturated rings. The van der Waals surface area contributed by atoms with E-state index in [-0.39, 0.29) is 0 Å². The first-order valence-corrected chi connectivity index (χ1v) is 8.04. The maximum Gasteiger partial charge on any atom is 0.0700 e. The highest BCUT2D eigenvalue weighted by Gasteiger charge is 2.20. The molecule has 0 amide bonds. The second-order valence-electron chi connectivity index (χ2n) is 6.12. The van der Waals surface area contributed by atoms with Gasteiger partial charge in [-0.05, 0) is 44.1 Å². The van der Waals surface area contributed by atoms with Crippen LogP contribution in [0, 0.1) is 11.8 Å². The predicted molar refractivity (Wildman–Crippen MR) is 80.5 cm³/mol. The van der Waals surface area contributed by atoms with Gasteiger partial charge in [0.25, 0.3) is 0 Å². The van der Waals surface area contributed by atoms with E-state index in [1.54, 1.807) is 7.11 Å². The first kappa shape index (κ1) is 16.9. The number of hydrogen-bond donors (Lipinski definition) is 1. The summed E-state index contributed by atoms with van der Waals surface area (Å²) in [5.74, 6) is 1.80. The summed E-state index contributed by atoms with van der Waals surface area (Å²) in [6.45, 7) is 8.09. The number of methoxy groups -OCH3 is 1. The normalized spacial score (nSPS) is 24.6. The van der Waals surface area contributed by atoms with Crippen molar-refractivity contribution < 1.29 is 9.47 Å². The van der Waals surface area contributed by atoms with E-state index in [0.29, 0.717) is 6.61 Å². The summed E-state index contributed by atoms with van der Waals surface area (Å²) in [5, 5.41) is 3.70. The fourth-order valence-corrected chi connectivity index (χ4v) is 2.93. The molecule has 3 nitrogen and oxygen atoms in total. The fraction of sp³-hybridized carbons (Fsp3) is 1.00. The van der Waals surface area contributed by atoms with Crippen LogP contribution < -0.4 is 5.32 Å². The van der Waals surface area contributed by atoms with Crippen LogP contribution in [0.3, 0.4) is 0 Å². The maximum absolute atomic E-state index is 5.47. The van der Waals surface area contributed by atoms with Gasteiger partial charge < -0.3 is 14.8 Å². The number of hydrogen-bond acceptors (Lipinski definition) is 3. The minimum atomic E-state index is 0.701. The molecular formula is C16H33NO2. The lowest BCUT2D eigenvalue weighted by Crippen LogP contribution is -2.30. The summed E-state index contributed by atoms with van der Waals surface area (Å²) in [6.07, 6.45) is 8.04. The summed E-state index contributed by atoms with van der Waals surface area (Å²) in [4.78, 5) is 0. The summed E-state index contributed by atoms with van der Waals surface area (Å²) >= 11 is 0. The molecule has 0 aromatic rings. The molecule has 0 aromatic carbocycles. The van der Waals surface area contributed by atoms with Crippen molar-refractivity contribution in [2.45, 2.75) is 58.4 Å². The van der Waals surface area contributed by atoms with Crippen molar-refractivity contribution in [2.24, 2.45) is 11.8 Å². The van der Waals surface area contributed by atoms with E-state index in [0.717, 1.165) is 44.1 Å². The van der Waals surface area contributed by atoms with Gasteiger partial charge >= 0.3 is 0 Å². The van der Waals surface area contributed by atoms with Crippen molar-refractivity contribution in [3.8, 4) is 0 Å². The van der Waals surface area contributed by atoms with Crippen molar-refractivity contribution in [3.05, 3.63) is 0 Å². The Morgan fingerprint density at radius 2 is 1.89 bits per heavy atom. The molecule has 0 aliphatic heterocycles. The zero-order valence-corrected chi connectivity index (χ0v) is 13.1. The quantitative estimate of drug-likeness (QED) is 0.516. The first-order chi connectivity index (χ1) is 9.24. The molecule has 1 aliphatic carbocycles. The zero-order chi connectivity index (χ0) is 13.9. The van der Waals surface area contributed by atoms with Crippen LogP contribution in [-0.4, -0.2) is 39.5 Å². The van der Waals surface area contributed by atoms with Gasteiger partial charge in [0.15, 0.2) is 0 Å². The smallest absolute Gasteiger partial charge is 0.0700 e. The highest BCUT2D eigenvalue weighted by atomic mass is 16.5. The molecule has 0 saturated heterocycles. The number of nitrogens with one attached hydrogen (secondary N) is 1. The second kappa shape index (κ2) is 10.6. The second-order valence-corrected chi connectivity index (χ2v) is 6.12. The van der Waals surface area contributed by atoms with Crippen molar-refractivity contribution in [1.29, 1.82) is 0 Å². The van der Waals surface area contributed by atoms with Gasteiger partial charge in [0, 0.05) is 19.8 Å². The van der Waals surface area contributed by atoms with Gasteiger partial charge in [0.2, 0.25) is 0 Å². The topological polar surface area (TPSA) is 30.5 Å². The van der Waals surface area contributed by atoms with E-state index < -0.39 is 0 Å². The molecule has 19 heavy (non-hydrogen) atoms. The van der Waals surface area contributed by atoms with Gasteiger partial charge in [-0.3, -0.25) is 0 Å². The van der Waals surface area contributed by atoms with E-state index in [1.165, 1.54) is 32.1 Å². The highest BCUT2D eigenvalue weighted by molar-refractivity contribution is 4.76. The van der Waals surface area contributed by atoms with Gasteiger partial charge in [-0.25, -0.2) is 0 Å². The summed E-state index contributed by atoms with van der Waals surface area (Å²) in [6, 6.07) is 0.739. The average molecular weight is 271 g/mol. The van der Waals surface area contributed by atoms with Gasteiger partial charge in [0.05, 0.1) is 13.2 Å². The Kier molecular flexibility index (Phi) is 9.48. The van der Waals surface area contributed by atoms with Crippen molar-refractivity contribution in [2.75, 3.05) is 33.5 Å². The lowest BCUT2D eigenvalue weighted by molar-refractivity contribution is 0.0692. The molecule has 0 spiro atoms. The number of rotatable bonds is 9. The van der Waals surface area contributed by atoms with Crippen molar-refractivity contribution in [1.82, 2.24) is 5.32 Å². The summed E-state index contributed by atoms with van der Waals surface area (Å²) < 4.78 is 10.4. The molecule has 2 atom stereocenters. The highest BCUT2D eigenvalue weighted by Crippen LogP contribution is 2.28. The lowest BCUT2D eigenvalue weighted by Gasteiger charge is -2.19. The average Bonchev–Trinajstić information content (AvgIpc) is 2.63. The zero-order valence-electron chi connectivity index (χ0n) is 13.1. The molecule has 1 saturated carbocycles. The molecule has 1 rings (SSSR count).